The van der Waals surface area contributed by atoms with Gasteiger partial charge < -0.3 is 9.47 Å². The summed E-state index contributed by atoms with van der Waals surface area (Å²) in [5.41, 5.74) is 2.15. The Labute approximate surface area is 209 Å². The standard InChI is InChI=1S/C25H18BrNO4S2/c1-30-21-12-17(10-11-20(21)31-24(29)18-8-5-9-19(26)14-18)13-22-23(28)27(25(32)33-22)15-16-6-3-2-4-7-16/h2-14H,15H2,1H3/b22-13+. The van der Waals surface area contributed by atoms with E-state index in [1.807, 2.05) is 36.4 Å². The average molecular weight is 540 g/mol. The SMILES string of the molecule is COc1cc(/C=C2/SC(=S)N(Cc3ccccc3)C2=O)ccc1OC(=O)c1cccc(Br)c1. The van der Waals surface area contributed by atoms with Crippen LogP contribution in [-0.2, 0) is 11.3 Å². The molecule has 1 aliphatic heterocycles. The molecule has 0 bridgehead atoms. The molecule has 3 aromatic rings. The minimum atomic E-state index is -0.496. The molecule has 33 heavy (non-hydrogen) atoms. The summed E-state index contributed by atoms with van der Waals surface area (Å²) >= 11 is 10.0. The summed E-state index contributed by atoms with van der Waals surface area (Å²) in [5.74, 6) is 0.0326. The molecule has 0 atom stereocenters. The van der Waals surface area contributed by atoms with E-state index in [1.54, 1.807) is 47.4 Å². The summed E-state index contributed by atoms with van der Waals surface area (Å²) in [6.45, 7) is 0.427. The number of hydrogen-bond acceptors (Lipinski definition) is 6. The van der Waals surface area contributed by atoms with Crippen LogP contribution in [0.25, 0.3) is 6.08 Å². The smallest absolute Gasteiger partial charge is 0.343 e. The molecule has 166 valence electrons. The number of halogens is 1. The van der Waals surface area contributed by atoms with Crippen molar-refractivity contribution in [3.8, 4) is 11.5 Å². The van der Waals surface area contributed by atoms with E-state index in [-0.39, 0.29) is 11.7 Å². The van der Waals surface area contributed by atoms with Gasteiger partial charge in [-0.1, -0.05) is 82.4 Å². The Morgan fingerprint density at radius 2 is 1.85 bits per heavy atom. The second-order valence-corrected chi connectivity index (χ2v) is 9.66. The molecule has 8 heteroatoms. The Bertz CT molecular complexity index is 1260. The molecule has 0 N–H and O–H groups in total. The third kappa shape index (κ3) is 5.52. The van der Waals surface area contributed by atoms with Gasteiger partial charge in [0.1, 0.15) is 4.32 Å². The van der Waals surface area contributed by atoms with Gasteiger partial charge in [-0.2, -0.15) is 0 Å². The number of thioether (sulfide) groups is 1. The van der Waals surface area contributed by atoms with Crippen molar-refractivity contribution >= 4 is 62.2 Å². The average Bonchev–Trinajstić information content (AvgIpc) is 3.08. The second-order valence-electron chi connectivity index (χ2n) is 7.06. The number of nitrogens with zero attached hydrogens (tertiary/aromatic N) is 1. The molecular weight excluding hydrogens is 522 g/mol. The molecule has 0 radical (unpaired) electrons. The number of hydrogen-bond donors (Lipinski definition) is 0. The summed E-state index contributed by atoms with van der Waals surface area (Å²) in [4.78, 5) is 27.5. The summed E-state index contributed by atoms with van der Waals surface area (Å²) in [7, 11) is 1.49. The molecule has 0 spiro atoms. The monoisotopic (exact) mass is 539 g/mol. The van der Waals surface area contributed by atoms with E-state index in [9.17, 15) is 9.59 Å². The Morgan fingerprint density at radius 1 is 1.06 bits per heavy atom. The van der Waals surface area contributed by atoms with Crippen LogP contribution >= 0.6 is 39.9 Å². The fourth-order valence-electron chi connectivity index (χ4n) is 3.19. The number of ether oxygens (including phenoxy) is 2. The van der Waals surface area contributed by atoms with Crippen molar-refractivity contribution in [3.63, 3.8) is 0 Å². The van der Waals surface area contributed by atoms with Gasteiger partial charge in [-0.25, -0.2) is 4.79 Å². The largest absolute Gasteiger partial charge is 0.493 e. The van der Waals surface area contributed by atoms with E-state index in [0.717, 1.165) is 15.6 Å². The highest BCUT2D eigenvalue weighted by molar-refractivity contribution is 9.10. The maximum absolute atomic E-state index is 12.9. The maximum Gasteiger partial charge on any atom is 0.343 e. The lowest BCUT2D eigenvalue weighted by Gasteiger charge is -2.14. The van der Waals surface area contributed by atoms with E-state index in [2.05, 4.69) is 15.9 Å². The van der Waals surface area contributed by atoms with Crippen LogP contribution < -0.4 is 9.47 Å². The molecule has 1 amide bonds. The van der Waals surface area contributed by atoms with E-state index in [0.29, 0.717) is 27.1 Å². The van der Waals surface area contributed by atoms with Gasteiger partial charge >= 0.3 is 5.97 Å². The molecule has 0 aromatic heterocycles. The Morgan fingerprint density at radius 3 is 2.58 bits per heavy atom. The van der Waals surface area contributed by atoms with Gasteiger partial charge in [0.25, 0.3) is 5.91 Å². The molecular formula is C25H18BrNO4S2. The van der Waals surface area contributed by atoms with E-state index in [1.165, 1.54) is 18.9 Å². The number of carbonyl (C=O) groups is 2. The zero-order chi connectivity index (χ0) is 23.4. The van der Waals surface area contributed by atoms with Crippen molar-refractivity contribution in [2.45, 2.75) is 6.54 Å². The first-order valence-corrected chi connectivity index (χ1v) is 11.9. The van der Waals surface area contributed by atoms with Crippen molar-refractivity contribution < 1.29 is 19.1 Å². The molecule has 0 aliphatic carbocycles. The van der Waals surface area contributed by atoms with Gasteiger partial charge in [0.05, 0.1) is 24.1 Å². The van der Waals surface area contributed by atoms with Gasteiger partial charge in [0, 0.05) is 4.47 Å². The molecule has 1 saturated heterocycles. The number of esters is 1. The molecule has 1 aliphatic rings. The van der Waals surface area contributed by atoms with Crippen molar-refractivity contribution in [2.75, 3.05) is 7.11 Å². The minimum absolute atomic E-state index is 0.141. The van der Waals surface area contributed by atoms with Gasteiger partial charge in [0.15, 0.2) is 11.5 Å². The molecule has 0 unspecified atom stereocenters. The van der Waals surface area contributed by atoms with Gasteiger partial charge in [0.2, 0.25) is 0 Å². The lowest BCUT2D eigenvalue weighted by Crippen LogP contribution is -2.27. The number of amides is 1. The minimum Gasteiger partial charge on any atom is -0.493 e. The van der Waals surface area contributed by atoms with Crippen molar-refractivity contribution in [3.05, 3.63) is 98.9 Å². The zero-order valence-corrected chi connectivity index (χ0v) is 20.7. The third-order valence-electron chi connectivity index (χ3n) is 4.81. The van der Waals surface area contributed by atoms with Crippen LogP contribution in [0.1, 0.15) is 21.5 Å². The molecule has 1 fully saturated rings. The van der Waals surface area contributed by atoms with Gasteiger partial charge in [-0.05, 0) is 47.5 Å². The van der Waals surface area contributed by atoms with Crippen LogP contribution in [0.2, 0.25) is 0 Å². The number of carbonyl (C=O) groups excluding carboxylic acids is 2. The lowest BCUT2D eigenvalue weighted by atomic mass is 10.1. The molecule has 4 rings (SSSR count). The zero-order valence-electron chi connectivity index (χ0n) is 17.5. The first-order chi connectivity index (χ1) is 15.9. The van der Waals surface area contributed by atoms with Gasteiger partial charge in [-0.3, -0.25) is 9.69 Å². The molecule has 0 saturated carbocycles. The highest BCUT2D eigenvalue weighted by atomic mass is 79.9. The van der Waals surface area contributed by atoms with E-state index >= 15 is 0 Å². The van der Waals surface area contributed by atoms with Crippen molar-refractivity contribution in [2.24, 2.45) is 0 Å². The fourth-order valence-corrected chi connectivity index (χ4v) is 4.84. The van der Waals surface area contributed by atoms with Gasteiger partial charge in [-0.15, -0.1) is 0 Å². The molecule has 5 nitrogen and oxygen atoms in total. The lowest BCUT2D eigenvalue weighted by molar-refractivity contribution is -0.122. The topological polar surface area (TPSA) is 55.8 Å². The Kier molecular flexibility index (Phi) is 7.27. The van der Waals surface area contributed by atoms with Crippen LogP contribution in [0.15, 0.2) is 82.2 Å². The summed E-state index contributed by atoms with van der Waals surface area (Å²) < 4.78 is 12.2. The third-order valence-corrected chi connectivity index (χ3v) is 6.68. The van der Waals surface area contributed by atoms with Crippen LogP contribution in [0.4, 0.5) is 0 Å². The number of thiocarbonyl (C=S) groups is 1. The van der Waals surface area contributed by atoms with Crippen LogP contribution in [0.5, 0.6) is 11.5 Å². The number of rotatable bonds is 6. The van der Waals surface area contributed by atoms with Crippen LogP contribution in [0, 0.1) is 0 Å². The quantitative estimate of drug-likeness (QED) is 0.164. The first-order valence-electron chi connectivity index (χ1n) is 9.89. The Balaban J connectivity index is 1.52. The molecule has 3 aromatic carbocycles. The van der Waals surface area contributed by atoms with E-state index in [4.69, 9.17) is 21.7 Å². The van der Waals surface area contributed by atoms with Crippen LogP contribution in [-0.4, -0.2) is 28.2 Å². The highest BCUT2D eigenvalue weighted by Crippen LogP contribution is 2.35. The summed E-state index contributed by atoms with van der Waals surface area (Å²) in [6, 6.07) is 21.8. The normalized spacial score (nSPS) is 14.6. The van der Waals surface area contributed by atoms with E-state index < -0.39 is 5.97 Å². The summed E-state index contributed by atoms with van der Waals surface area (Å²) in [6.07, 6.45) is 1.76. The van der Waals surface area contributed by atoms with Crippen LogP contribution in [0.3, 0.4) is 0 Å². The van der Waals surface area contributed by atoms with Crippen molar-refractivity contribution in [1.29, 1.82) is 0 Å². The molecule has 1 heterocycles. The second kappa shape index (κ2) is 10.3. The predicted octanol–water partition coefficient (Wildman–Crippen LogP) is 6.08. The summed E-state index contributed by atoms with van der Waals surface area (Å²) in [5, 5.41) is 0. The Hall–Kier alpha value is -2.94. The maximum atomic E-state index is 12.9. The van der Waals surface area contributed by atoms with Crippen molar-refractivity contribution in [1.82, 2.24) is 4.90 Å². The predicted molar refractivity (Wildman–Crippen MR) is 137 cm³/mol. The first kappa shape index (κ1) is 23.2. The number of benzene rings is 3. The fraction of sp³-hybridized carbons (Fsp3) is 0.0800. The number of methoxy groups -OCH3 is 1. The highest BCUT2D eigenvalue weighted by Gasteiger charge is 2.32.